The van der Waals surface area contributed by atoms with Crippen molar-refractivity contribution in [1.82, 2.24) is 19.7 Å². The Bertz CT molecular complexity index is 843. The van der Waals surface area contributed by atoms with Crippen LogP contribution in [0.4, 0.5) is 14.6 Å². The van der Waals surface area contributed by atoms with Crippen molar-refractivity contribution in [2.24, 2.45) is 0 Å². The maximum atomic E-state index is 13.7. The highest BCUT2D eigenvalue weighted by Gasteiger charge is 2.36. The van der Waals surface area contributed by atoms with Crippen LogP contribution in [0.2, 0.25) is 0 Å². The molecule has 1 saturated carbocycles. The number of carbonyl (C=O) groups is 1. The standard InChI is InChI=1S/C17H20F2IN5O2/c1-10-6-11(2)25(24-10)16-22-13(15(26)27-9-20)7-14(23-16)21-12-4-3-5-17(18,19)8-12/h6-7,12H,3-5,8-9H2,1-2H3,(H,21,22,23). The minimum Gasteiger partial charge on any atom is -0.450 e. The summed E-state index contributed by atoms with van der Waals surface area (Å²) in [5.74, 6) is -2.81. The number of alkyl halides is 3. The first kappa shape index (κ1) is 19.9. The van der Waals surface area contributed by atoms with Crippen molar-refractivity contribution in [1.29, 1.82) is 0 Å². The van der Waals surface area contributed by atoms with Gasteiger partial charge in [0.1, 0.15) is 10.4 Å². The minimum absolute atomic E-state index is 0.0503. The van der Waals surface area contributed by atoms with Gasteiger partial charge in [0.15, 0.2) is 5.69 Å². The highest BCUT2D eigenvalue weighted by Crippen LogP contribution is 2.34. The summed E-state index contributed by atoms with van der Waals surface area (Å²) >= 11 is 1.91. The van der Waals surface area contributed by atoms with Crippen molar-refractivity contribution in [2.45, 2.75) is 51.5 Å². The third-order valence-corrected chi connectivity index (χ3v) is 4.61. The number of carbonyl (C=O) groups excluding carboxylic acids is 1. The number of aromatic nitrogens is 4. The fraction of sp³-hybridized carbons (Fsp3) is 0.529. The van der Waals surface area contributed by atoms with E-state index >= 15 is 0 Å². The number of rotatable bonds is 5. The van der Waals surface area contributed by atoms with Crippen LogP contribution in [0.25, 0.3) is 5.95 Å². The zero-order chi connectivity index (χ0) is 19.6. The number of nitrogens with zero attached hydrogens (tertiary/aromatic N) is 4. The lowest BCUT2D eigenvalue weighted by molar-refractivity contribution is -0.0373. The first-order chi connectivity index (χ1) is 12.8. The average molecular weight is 491 g/mol. The second-order valence-corrected chi connectivity index (χ2v) is 7.23. The zero-order valence-corrected chi connectivity index (χ0v) is 17.2. The molecule has 146 valence electrons. The van der Waals surface area contributed by atoms with Gasteiger partial charge in [0, 0.05) is 30.6 Å². The van der Waals surface area contributed by atoms with Crippen molar-refractivity contribution in [3.63, 3.8) is 0 Å². The van der Waals surface area contributed by atoms with Gasteiger partial charge in [0.25, 0.3) is 5.95 Å². The molecule has 2 heterocycles. The average Bonchev–Trinajstić information content (AvgIpc) is 2.92. The van der Waals surface area contributed by atoms with Crippen molar-refractivity contribution < 1.29 is 18.3 Å². The number of anilines is 1. The number of halogens is 3. The van der Waals surface area contributed by atoms with Crippen molar-refractivity contribution in [3.8, 4) is 5.95 Å². The maximum Gasteiger partial charge on any atom is 0.357 e. The monoisotopic (exact) mass is 491 g/mol. The Balaban J connectivity index is 1.94. The second-order valence-electron chi connectivity index (χ2n) is 6.61. The molecule has 3 rings (SSSR count). The van der Waals surface area contributed by atoms with E-state index in [-0.39, 0.29) is 29.1 Å². The molecule has 1 aliphatic carbocycles. The quantitative estimate of drug-likeness (QED) is 0.389. The first-order valence-electron chi connectivity index (χ1n) is 8.57. The lowest BCUT2D eigenvalue weighted by Crippen LogP contribution is -2.34. The number of aryl methyl sites for hydroxylation is 2. The van der Waals surface area contributed by atoms with Gasteiger partial charge in [-0.1, -0.05) is 0 Å². The predicted molar refractivity (Wildman–Crippen MR) is 104 cm³/mol. The Kier molecular flexibility index (Phi) is 5.92. The topological polar surface area (TPSA) is 81.9 Å². The van der Waals surface area contributed by atoms with E-state index in [4.69, 9.17) is 4.74 Å². The number of ether oxygens (including phenoxy) is 1. The summed E-state index contributed by atoms with van der Waals surface area (Å²) in [5, 5.41) is 7.36. The van der Waals surface area contributed by atoms with Crippen LogP contribution in [0.15, 0.2) is 12.1 Å². The van der Waals surface area contributed by atoms with E-state index in [1.807, 2.05) is 42.5 Å². The van der Waals surface area contributed by atoms with Crippen LogP contribution in [0.1, 0.15) is 47.6 Å². The molecule has 0 radical (unpaired) electrons. The van der Waals surface area contributed by atoms with E-state index < -0.39 is 17.9 Å². The summed E-state index contributed by atoms with van der Waals surface area (Å²) in [6.07, 6.45) is 0.686. The van der Waals surface area contributed by atoms with Gasteiger partial charge in [0.2, 0.25) is 5.92 Å². The van der Waals surface area contributed by atoms with E-state index in [1.165, 1.54) is 10.7 Å². The van der Waals surface area contributed by atoms with Crippen LogP contribution in [0, 0.1) is 13.8 Å². The third kappa shape index (κ3) is 4.90. The number of nitrogens with one attached hydrogen (secondary N) is 1. The summed E-state index contributed by atoms with van der Waals surface area (Å²) in [7, 11) is 0. The first-order valence-corrected chi connectivity index (χ1v) is 10.1. The van der Waals surface area contributed by atoms with Crippen LogP contribution >= 0.6 is 22.6 Å². The number of hydrogen-bond acceptors (Lipinski definition) is 6. The van der Waals surface area contributed by atoms with Crippen molar-refractivity contribution >= 4 is 34.4 Å². The smallest absolute Gasteiger partial charge is 0.357 e. The normalized spacial score (nSPS) is 18.9. The van der Waals surface area contributed by atoms with Crippen LogP contribution in [-0.2, 0) is 4.74 Å². The molecule has 2 aromatic rings. The Morgan fingerprint density at radius 1 is 1.41 bits per heavy atom. The molecule has 0 spiro atoms. The van der Waals surface area contributed by atoms with Gasteiger partial charge >= 0.3 is 5.97 Å². The molecule has 7 nitrogen and oxygen atoms in total. The molecule has 10 heteroatoms. The molecule has 1 aliphatic rings. The molecule has 1 atom stereocenters. The molecular formula is C17H20F2IN5O2. The molecule has 1 unspecified atom stereocenters. The van der Waals surface area contributed by atoms with Gasteiger partial charge < -0.3 is 10.1 Å². The molecular weight excluding hydrogens is 471 g/mol. The largest absolute Gasteiger partial charge is 0.450 e. The second kappa shape index (κ2) is 8.03. The van der Waals surface area contributed by atoms with Gasteiger partial charge in [-0.15, -0.1) is 0 Å². The molecule has 27 heavy (non-hydrogen) atoms. The molecule has 0 bridgehead atoms. The van der Waals surface area contributed by atoms with Crippen LogP contribution in [-0.4, -0.2) is 42.3 Å². The Morgan fingerprint density at radius 2 is 2.19 bits per heavy atom. The fourth-order valence-electron chi connectivity index (χ4n) is 3.17. The van der Waals surface area contributed by atoms with Crippen LogP contribution in [0.5, 0.6) is 0 Å². The molecule has 2 aromatic heterocycles. The SMILES string of the molecule is Cc1cc(C)n(-c2nc(NC3CCCC(F)(F)C3)cc(C(=O)OCI)n2)n1. The molecule has 1 fully saturated rings. The summed E-state index contributed by atoms with van der Waals surface area (Å²) in [6, 6.07) is 2.86. The van der Waals surface area contributed by atoms with Gasteiger partial charge in [0.05, 0.1) is 5.69 Å². The molecule has 0 amide bonds. The Labute approximate surface area is 169 Å². The van der Waals surface area contributed by atoms with E-state index in [0.29, 0.717) is 18.7 Å². The Hall–Kier alpha value is -1.85. The summed E-state index contributed by atoms with van der Waals surface area (Å²) in [4.78, 5) is 20.8. The predicted octanol–water partition coefficient (Wildman–Crippen LogP) is 3.82. The zero-order valence-electron chi connectivity index (χ0n) is 15.0. The van der Waals surface area contributed by atoms with Crippen LogP contribution in [0.3, 0.4) is 0 Å². The van der Waals surface area contributed by atoms with E-state index in [2.05, 4.69) is 20.4 Å². The molecule has 0 aliphatic heterocycles. The van der Waals surface area contributed by atoms with E-state index in [1.54, 1.807) is 0 Å². The van der Waals surface area contributed by atoms with Gasteiger partial charge in [-0.05, 0) is 55.3 Å². The summed E-state index contributed by atoms with van der Waals surface area (Å²) in [5.41, 5.74) is 1.62. The summed E-state index contributed by atoms with van der Waals surface area (Å²) in [6.45, 7) is 3.68. The minimum atomic E-state index is -2.69. The van der Waals surface area contributed by atoms with Gasteiger partial charge in [-0.2, -0.15) is 10.1 Å². The lowest BCUT2D eigenvalue weighted by atomic mass is 9.92. The number of hydrogen-bond donors (Lipinski definition) is 1. The van der Waals surface area contributed by atoms with Gasteiger partial charge in [-0.25, -0.2) is 23.2 Å². The van der Waals surface area contributed by atoms with Gasteiger partial charge in [-0.3, -0.25) is 0 Å². The maximum absolute atomic E-state index is 13.7. The highest BCUT2D eigenvalue weighted by atomic mass is 127. The number of esters is 1. The third-order valence-electron chi connectivity index (χ3n) is 4.30. The van der Waals surface area contributed by atoms with E-state index in [9.17, 15) is 13.6 Å². The molecule has 0 saturated heterocycles. The molecule has 1 N–H and O–H groups in total. The molecule has 0 aromatic carbocycles. The van der Waals surface area contributed by atoms with Crippen molar-refractivity contribution in [2.75, 3.05) is 9.93 Å². The van der Waals surface area contributed by atoms with Crippen molar-refractivity contribution in [3.05, 3.63) is 29.2 Å². The Morgan fingerprint density at radius 3 is 2.81 bits per heavy atom. The van der Waals surface area contributed by atoms with E-state index in [0.717, 1.165) is 11.4 Å². The summed E-state index contributed by atoms with van der Waals surface area (Å²) < 4.78 is 34.1. The fourth-order valence-corrected chi connectivity index (χ4v) is 3.45. The highest BCUT2D eigenvalue weighted by molar-refractivity contribution is 14.1. The lowest BCUT2D eigenvalue weighted by Gasteiger charge is -2.29. The van der Waals surface area contributed by atoms with Crippen LogP contribution < -0.4 is 5.32 Å².